The number of hydrogen-bond donors (Lipinski definition) is 0. The Kier molecular flexibility index (Phi) is 4.62. The normalized spacial score (nSPS) is 26.7. The summed E-state index contributed by atoms with van der Waals surface area (Å²) in [6.07, 6.45) is 4.80. The van der Waals surface area contributed by atoms with Crippen molar-refractivity contribution in [2.45, 2.75) is 51.2 Å². The van der Waals surface area contributed by atoms with Crippen LogP contribution in [0.3, 0.4) is 0 Å². The first-order valence-electron chi connectivity index (χ1n) is 9.40. The van der Waals surface area contributed by atoms with Gasteiger partial charge in [-0.2, -0.15) is 5.10 Å². The van der Waals surface area contributed by atoms with E-state index in [1.165, 1.54) is 11.9 Å². The Morgan fingerprint density at radius 1 is 1.29 bits per heavy atom. The molecule has 0 bridgehead atoms. The highest BCUT2D eigenvalue weighted by Gasteiger charge is 2.70. The molecule has 1 aliphatic carbocycles. The molecule has 28 heavy (non-hydrogen) atoms. The number of fused-ring (bicyclic) bond motifs is 1. The van der Waals surface area contributed by atoms with Crippen molar-refractivity contribution >= 4 is 29.3 Å². The molecule has 2 aliphatic rings. The Bertz CT molecular complexity index is 896. The SMILES string of the molecule is CC(C)(C)OC(=O)N1CCC2(c3ccc(Cl)c(Cl)c3)CC2(Cn2cncn2)C1. The number of halogens is 2. The highest BCUT2D eigenvalue weighted by Crippen LogP contribution is 2.69. The summed E-state index contributed by atoms with van der Waals surface area (Å²) >= 11 is 12.4. The van der Waals surface area contributed by atoms with Crippen molar-refractivity contribution in [3.63, 3.8) is 0 Å². The fourth-order valence-corrected chi connectivity index (χ4v) is 4.87. The lowest BCUT2D eigenvalue weighted by Crippen LogP contribution is -2.48. The lowest BCUT2D eigenvalue weighted by atomic mass is 9.80. The van der Waals surface area contributed by atoms with Gasteiger partial charge in [-0.1, -0.05) is 29.3 Å². The monoisotopic (exact) mass is 422 g/mol. The summed E-state index contributed by atoms with van der Waals surface area (Å²) in [6.45, 7) is 7.61. The number of piperidine rings is 1. The number of amides is 1. The number of benzene rings is 1. The van der Waals surface area contributed by atoms with Crippen LogP contribution in [0, 0.1) is 5.41 Å². The van der Waals surface area contributed by atoms with Crippen LogP contribution in [0.2, 0.25) is 10.0 Å². The molecule has 1 saturated carbocycles. The average molecular weight is 423 g/mol. The minimum absolute atomic E-state index is 0.0499. The maximum absolute atomic E-state index is 12.7. The van der Waals surface area contributed by atoms with Crippen LogP contribution >= 0.6 is 23.2 Å². The van der Waals surface area contributed by atoms with E-state index in [1.807, 2.05) is 42.5 Å². The molecule has 1 saturated heterocycles. The van der Waals surface area contributed by atoms with E-state index in [4.69, 9.17) is 27.9 Å². The zero-order valence-corrected chi connectivity index (χ0v) is 17.8. The maximum Gasteiger partial charge on any atom is 0.410 e. The highest BCUT2D eigenvalue weighted by atomic mass is 35.5. The number of carbonyl (C=O) groups is 1. The summed E-state index contributed by atoms with van der Waals surface area (Å²) in [7, 11) is 0. The molecule has 1 aromatic carbocycles. The van der Waals surface area contributed by atoms with Gasteiger partial charge in [0.2, 0.25) is 0 Å². The highest BCUT2D eigenvalue weighted by molar-refractivity contribution is 6.42. The van der Waals surface area contributed by atoms with Gasteiger partial charge in [0.15, 0.2) is 0 Å². The van der Waals surface area contributed by atoms with Crippen molar-refractivity contribution in [1.82, 2.24) is 19.7 Å². The summed E-state index contributed by atoms with van der Waals surface area (Å²) in [5.74, 6) is 0. The number of hydrogen-bond acceptors (Lipinski definition) is 4. The molecule has 2 atom stereocenters. The van der Waals surface area contributed by atoms with Gasteiger partial charge in [-0.05, 0) is 51.3 Å². The van der Waals surface area contributed by atoms with Gasteiger partial charge in [0, 0.05) is 23.9 Å². The molecule has 150 valence electrons. The smallest absolute Gasteiger partial charge is 0.410 e. The lowest BCUT2D eigenvalue weighted by molar-refractivity contribution is 0.0123. The van der Waals surface area contributed by atoms with E-state index in [2.05, 4.69) is 16.1 Å². The summed E-state index contributed by atoms with van der Waals surface area (Å²) in [4.78, 5) is 18.6. The van der Waals surface area contributed by atoms with Crippen LogP contribution in [-0.4, -0.2) is 44.4 Å². The number of rotatable bonds is 3. The third-order valence-electron chi connectivity index (χ3n) is 5.89. The van der Waals surface area contributed by atoms with Crippen LogP contribution in [0.4, 0.5) is 4.79 Å². The minimum Gasteiger partial charge on any atom is -0.444 e. The van der Waals surface area contributed by atoms with E-state index in [-0.39, 0.29) is 16.9 Å². The summed E-state index contributed by atoms with van der Waals surface area (Å²) in [5.41, 5.74) is 0.474. The number of aromatic nitrogens is 3. The molecule has 1 aliphatic heterocycles. The van der Waals surface area contributed by atoms with Crippen molar-refractivity contribution < 1.29 is 9.53 Å². The van der Waals surface area contributed by atoms with Gasteiger partial charge in [-0.25, -0.2) is 9.78 Å². The van der Waals surface area contributed by atoms with Crippen LogP contribution in [0.1, 0.15) is 39.2 Å². The third kappa shape index (κ3) is 3.37. The van der Waals surface area contributed by atoms with Gasteiger partial charge < -0.3 is 9.64 Å². The Morgan fingerprint density at radius 2 is 2.07 bits per heavy atom. The van der Waals surface area contributed by atoms with Crippen molar-refractivity contribution in [2.24, 2.45) is 5.41 Å². The Labute approximate surface area is 174 Å². The van der Waals surface area contributed by atoms with Crippen LogP contribution in [-0.2, 0) is 16.7 Å². The molecular formula is C20H24Cl2N4O2. The van der Waals surface area contributed by atoms with Gasteiger partial charge >= 0.3 is 6.09 Å². The largest absolute Gasteiger partial charge is 0.444 e. The number of ether oxygens (including phenoxy) is 1. The van der Waals surface area contributed by atoms with E-state index in [0.29, 0.717) is 29.7 Å². The van der Waals surface area contributed by atoms with Crippen LogP contribution < -0.4 is 0 Å². The third-order valence-corrected chi connectivity index (χ3v) is 6.63. The second-order valence-corrected chi connectivity index (χ2v) is 9.73. The van der Waals surface area contributed by atoms with Crippen LogP contribution in [0.15, 0.2) is 30.9 Å². The van der Waals surface area contributed by atoms with Gasteiger partial charge in [0.25, 0.3) is 0 Å². The maximum atomic E-state index is 12.7. The Morgan fingerprint density at radius 3 is 2.71 bits per heavy atom. The second kappa shape index (κ2) is 6.63. The Hall–Kier alpha value is -1.79. The fourth-order valence-electron chi connectivity index (χ4n) is 4.57. The van der Waals surface area contributed by atoms with Crippen molar-refractivity contribution in [2.75, 3.05) is 13.1 Å². The summed E-state index contributed by atoms with van der Waals surface area (Å²) < 4.78 is 7.46. The topological polar surface area (TPSA) is 60.2 Å². The molecule has 0 spiro atoms. The molecule has 2 fully saturated rings. The van der Waals surface area contributed by atoms with Gasteiger partial charge in [-0.15, -0.1) is 0 Å². The first-order chi connectivity index (χ1) is 13.1. The van der Waals surface area contributed by atoms with Crippen molar-refractivity contribution in [3.8, 4) is 0 Å². The molecule has 0 N–H and O–H groups in total. The standard InChI is InChI=1S/C20H24Cl2N4O2/c1-18(2,3)28-17(27)25-7-6-20(14-4-5-15(21)16(22)8-14)9-19(20,10-25)11-26-13-23-12-24-26/h4-5,8,12-13H,6-7,9-11H2,1-3H3. The quantitative estimate of drug-likeness (QED) is 0.727. The molecule has 2 unspecified atom stereocenters. The predicted octanol–water partition coefficient (Wildman–Crippen LogP) is 4.55. The van der Waals surface area contributed by atoms with Crippen molar-refractivity contribution in [1.29, 1.82) is 0 Å². The first kappa shape index (κ1) is 19.5. The minimum atomic E-state index is -0.516. The van der Waals surface area contributed by atoms with Crippen LogP contribution in [0.5, 0.6) is 0 Å². The Balaban J connectivity index is 1.64. The molecule has 2 aromatic rings. The lowest BCUT2D eigenvalue weighted by Gasteiger charge is -2.38. The zero-order valence-electron chi connectivity index (χ0n) is 16.3. The van der Waals surface area contributed by atoms with E-state index >= 15 is 0 Å². The molecular weight excluding hydrogens is 399 g/mol. The predicted molar refractivity (Wildman–Crippen MR) is 108 cm³/mol. The fraction of sp³-hybridized carbons (Fsp3) is 0.550. The van der Waals surface area contributed by atoms with Gasteiger partial charge in [-0.3, -0.25) is 4.68 Å². The van der Waals surface area contributed by atoms with Gasteiger partial charge in [0.05, 0.1) is 16.6 Å². The van der Waals surface area contributed by atoms with E-state index in [1.54, 1.807) is 6.33 Å². The summed E-state index contributed by atoms with van der Waals surface area (Å²) in [6, 6.07) is 5.88. The molecule has 1 aromatic heterocycles. The first-order valence-corrected chi connectivity index (χ1v) is 10.2. The molecule has 6 nitrogen and oxygen atoms in total. The van der Waals surface area contributed by atoms with Gasteiger partial charge in [0.1, 0.15) is 18.3 Å². The molecule has 4 rings (SSSR count). The van der Waals surface area contributed by atoms with E-state index in [0.717, 1.165) is 12.8 Å². The number of carbonyl (C=O) groups excluding carboxylic acids is 1. The van der Waals surface area contributed by atoms with Crippen molar-refractivity contribution in [3.05, 3.63) is 46.5 Å². The molecule has 0 radical (unpaired) electrons. The molecule has 2 heterocycles. The number of likely N-dealkylation sites (tertiary alicyclic amines) is 1. The van der Waals surface area contributed by atoms with Crippen LogP contribution in [0.25, 0.3) is 0 Å². The van der Waals surface area contributed by atoms with E-state index in [9.17, 15) is 4.79 Å². The average Bonchev–Trinajstić information content (AvgIpc) is 2.99. The molecule has 8 heteroatoms. The zero-order chi connectivity index (χ0) is 20.2. The number of nitrogens with zero attached hydrogens (tertiary/aromatic N) is 4. The van der Waals surface area contributed by atoms with E-state index < -0.39 is 5.60 Å². The molecule has 1 amide bonds. The summed E-state index contributed by atoms with van der Waals surface area (Å²) in [5, 5.41) is 5.40. The second-order valence-electron chi connectivity index (χ2n) is 8.91.